The van der Waals surface area contributed by atoms with Gasteiger partial charge < -0.3 is 15.2 Å². The minimum absolute atomic E-state index is 0.109. The highest BCUT2D eigenvalue weighted by Crippen LogP contribution is 2.43. The Kier molecular flexibility index (Phi) is 3.92. The summed E-state index contributed by atoms with van der Waals surface area (Å²) in [4.78, 5) is 35.4. The normalized spacial score (nSPS) is 22.6. The van der Waals surface area contributed by atoms with E-state index in [0.717, 1.165) is 29.6 Å². The maximum Gasteiger partial charge on any atom is 0.231 e. The molecule has 2 N–H and O–H groups in total. The summed E-state index contributed by atoms with van der Waals surface area (Å²) in [5.74, 6) is 0.194. The van der Waals surface area contributed by atoms with E-state index in [1.165, 1.54) is 0 Å². The lowest BCUT2D eigenvalue weighted by molar-refractivity contribution is -0.143. The minimum atomic E-state index is -0.338. The lowest BCUT2D eigenvalue weighted by atomic mass is 9.85. The van der Waals surface area contributed by atoms with Crippen LogP contribution in [0.15, 0.2) is 36.7 Å². The lowest BCUT2D eigenvalue weighted by Gasteiger charge is -2.40. The number of fused-ring (bicyclic) bond motifs is 1. The topological polar surface area (TPSA) is 95.9 Å². The Bertz CT molecular complexity index is 1050. The number of hydrogen-bond donors (Lipinski definition) is 2. The molecular weight excluding hydrogens is 356 g/mol. The highest BCUT2D eigenvalue weighted by atomic mass is 16.2. The molecule has 1 saturated carbocycles. The van der Waals surface area contributed by atoms with E-state index in [2.05, 4.69) is 20.4 Å². The van der Waals surface area contributed by atoms with E-state index in [9.17, 15) is 9.59 Å². The molecule has 2 aliphatic rings. The van der Waals surface area contributed by atoms with Gasteiger partial charge in [0.1, 0.15) is 11.5 Å². The second-order valence-electron chi connectivity index (χ2n) is 7.60. The Morgan fingerprint density at radius 1 is 1.21 bits per heavy atom. The molecule has 144 valence electrons. The molecule has 0 bridgehead atoms. The van der Waals surface area contributed by atoms with Gasteiger partial charge in [0.2, 0.25) is 11.8 Å². The van der Waals surface area contributed by atoms with E-state index in [-0.39, 0.29) is 29.8 Å². The number of nitrogens with zero attached hydrogens (tertiary/aromatic N) is 4. The molecule has 28 heavy (non-hydrogen) atoms. The molecular formula is C20H22N6O2. The summed E-state index contributed by atoms with van der Waals surface area (Å²) in [5, 5.41) is 8.22. The van der Waals surface area contributed by atoms with Gasteiger partial charge in [-0.15, -0.1) is 0 Å². The van der Waals surface area contributed by atoms with Gasteiger partial charge in [-0.25, -0.2) is 4.98 Å². The van der Waals surface area contributed by atoms with Crippen LogP contribution in [-0.2, 0) is 16.6 Å². The number of aryl methyl sites for hydroxylation is 1. The maximum absolute atomic E-state index is 13.2. The van der Waals surface area contributed by atoms with Crippen molar-refractivity contribution in [2.75, 3.05) is 5.32 Å². The third kappa shape index (κ3) is 2.85. The second kappa shape index (κ2) is 6.47. The van der Waals surface area contributed by atoms with Crippen molar-refractivity contribution in [3.63, 3.8) is 0 Å². The molecule has 2 amide bonds. The van der Waals surface area contributed by atoms with E-state index in [4.69, 9.17) is 0 Å². The zero-order chi connectivity index (χ0) is 19.3. The number of pyridine rings is 1. The van der Waals surface area contributed by atoms with Crippen LogP contribution in [-0.4, -0.2) is 42.5 Å². The minimum Gasteiger partial charge on any atom is -0.346 e. The van der Waals surface area contributed by atoms with Gasteiger partial charge in [-0.2, -0.15) is 5.10 Å². The van der Waals surface area contributed by atoms with Gasteiger partial charge in [0.05, 0.1) is 17.7 Å². The average molecular weight is 378 g/mol. The van der Waals surface area contributed by atoms with Crippen LogP contribution in [0, 0.1) is 5.92 Å². The molecule has 8 heteroatoms. The van der Waals surface area contributed by atoms with Crippen molar-refractivity contribution in [1.82, 2.24) is 24.6 Å². The number of aromatic nitrogens is 4. The first-order valence-corrected chi connectivity index (χ1v) is 9.66. The third-order valence-corrected chi connectivity index (χ3v) is 5.74. The third-order valence-electron chi connectivity index (χ3n) is 5.74. The Morgan fingerprint density at radius 2 is 2.07 bits per heavy atom. The van der Waals surface area contributed by atoms with Crippen molar-refractivity contribution >= 4 is 28.7 Å². The number of H-pyrrole nitrogens is 1. The number of rotatable bonds is 4. The largest absolute Gasteiger partial charge is 0.346 e. The van der Waals surface area contributed by atoms with E-state index >= 15 is 0 Å². The van der Waals surface area contributed by atoms with Crippen LogP contribution in [0.5, 0.6) is 0 Å². The van der Waals surface area contributed by atoms with Crippen molar-refractivity contribution < 1.29 is 9.59 Å². The molecule has 4 heterocycles. The molecule has 3 aromatic rings. The number of carbonyl (C=O) groups excluding carboxylic acids is 2. The van der Waals surface area contributed by atoms with Crippen molar-refractivity contribution in [2.45, 2.75) is 37.8 Å². The van der Waals surface area contributed by atoms with Crippen LogP contribution in [0.2, 0.25) is 0 Å². The summed E-state index contributed by atoms with van der Waals surface area (Å²) in [6.07, 6.45) is 6.45. The number of hydrogen-bond acceptors (Lipinski definition) is 4. The van der Waals surface area contributed by atoms with E-state index in [1.807, 2.05) is 36.3 Å². The highest BCUT2D eigenvalue weighted by Gasteiger charge is 2.47. The predicted molar refractivity (Wildman–Crippen MR) is 103 cm³/mol. The Morgan fingerprint density at radius 3 is 2.82 bits per heavy atom. The number of piperidine rings is 1. The molecule has 1 aliphatic carbocycles. The average Bonchev–Trinajstić information content (AvgIpc) is 3.25. The molecule has 1 saturated heterocycles. The van der Waals surface area contributed by atoms with Crippen molar-refractivity contribution in [2.24, 2.45) is 13.0 Å². The number of anilines is 1. The molecule has 2 fully saturated rings. The van der Waals surface area contributed by atoms with Gasteiger partial charge in [-0.3, -0.25) is 14.3 Å². The van der Waals surface area contributed by atoms with E-state index in [0.29, 0.717) is 18.7 Å². The smallest absolute Gasteiger partial charge is 0.231 e. The second-order valence-corrected chi connectivity index (χ2v) is 7.60. The first-order chi connectivity index (χ1) is 13.6. The van der Waals surface area contributed by atoms with Gasteiger partial charge in [-0.1, -0.05) is 0 Å². The molecule has 0 aromatic carbocycles. The van der Waals surface area contributed by atoms with Crippen LogP contribution in [0.4, 0.5) is 5.82 Å². The number of nitrogens with one attached hydrogen (secondary N) is 2. The zero-order valence-electron chi connectivity index (χ0n) is 15.6. The molecule has 3 aromatic heterocycles. The number of likely N-dealkylation sites (tertiary alicyclic amines) is 1. The molecule has 0 spiro atoms. The van der Waals surface area contributed by atoms with Crippen LogP contribution in [0.25, 0.3) is 11.0 Å². The van der Waals surface area contributed by atoms with Gasteiger partial charge in [0, 0.05) is 37.3 Å². The molecule has 8 nitrogen and oxygen atoms in total. The van der Waals surface area contributed by atoms with Gasteiger partial charge in [-0.05, 0) is 43.5 Å². The van der Waals surface area contributed by atoms with Crippen LogP contribution >= 0.6 is 0 Å². The summed E-state index contributed by atoms with van der Waals surface area (Å²) in [7, 11) is 1.86. The summed E-state index contributed by atoms with van der Waals surface area (Å²) >= 11 is 0. The monoisotopic (exact) mass is 378 g/mol. The first kappa shape index (κ1) is 17.0. The standard InChI is InChI=1S/C20H22N6O2/c1-25-15(9-11-22-25)18-14(5-7-17(27)26(18)13-3-4-13)20(28)24-16-6-2-12-8-10-21-19(12)23-16/h2,6,8-11,13-14,18H,3-5,7H2,1H3,(H2,21,23,24,28)/t14-,18-/m0/s1. The van der Waals surface area contributed by atoms with Gasteiger partial charge >= 0.3 is 0 Å². The SMILES string of the molecule is Cn1nccc1[C@@H]1[C@@H](C(=O)Nc2ccc3cc[nH]c3n2)CCC(=O)N1C1CC1. The highest BCUT2D eigenvalue weighted by molar-refractivity contribution is 5.95. The van der Waals surface area contributed by atoms with E-state index in [1.54, 1.807) is 16.9 Å². The molecule has 2 atom stereocenters. The quantitative estimate of drug-likeness (QED) is 0.729. The molecule has 5 rings (SSSR count). The zero-order valence-corrected chi connectivity index (χ0v) is 15.6. The first-order valence-electron chi connectivity index (χ1n) is 9.66. The fourth-order valence-electron chi connectivity index (χ4n) is 4.21. The Hall–Kier alpha value is -3.16. The Balaban J connectivity index is 1.46. The number of amides is 2. The number of carbonyl (C=O) groups is 2. The van der Waals surface area contributed by atoms with Gasteiger partial charge in [0.15, 0.2) is 0 Å². The molecule has 0 unspecified atom stereocenters. The summed E-state index contributed by atoms with van der Waals surface area (Å²) in [6, 6.07) is 7.51. The van der Waals surface area contributed by atoms with Crippen LogP contribution < -0.4 is 5.32 Å². The van der Waals surface area contributed by atoms with Gasteiger partial charge in [0.25, 0.3) is 0 Å². The fraction of sp³-hybridized carbons (Fsp3) is 0.400. The fourth-order valence-corrected chi connectivity index (χ4v) is 4.21. The van der Waals surface area contributed by atoms with Crippen molar-refractivity contribution in [3.05, 3.63) is 42.4 Å². The molecule has 1 aliphatic heterocycles. The van der Waals surface area contributed by atoms with Crippen LogP contribution in [0.3, 0.4) is 0 Å². The summed E-state index contributed by atoms with van der Waals surface area (Å²) in [6.45, 7) is 0. The van der Waals surface area contributed by atoms with Crippen molar-refractivity contribution in [3.8, 4) is 0 Å². The summed E-state index contributed by atoms with van der Waals surface area (Å²) < 4.78 is 1.77. The maximum atomic E-state index is 13.2. The van der Waals surface area contributed by atoms with Crippen LogP contribution in [0.1, 0.15) is 37.4 Å². The van der Waals surface area contributed by atoms with E-state index < -0.39 is 0 Å². The van der Waals surface area contributed by atoms with Crippen molar-refractivity contribution in [1.29, 1.82) is 0 Å². The summed E-state index contributed by atoms with van der Waals surface area (Å²) in [5.41, 5.74) is 1.63. The lowest BCUT2D eigenvalue weighted by Crippen LogP contribution is -2.48. The Labute approximate surface area is 161 Å². The molecule has 0 radical (unpaired) electrons. The predicted octanol–water partition coefficient (Wildman–Crippen LogP) is 2.38. The number of aromatic amines is 1.